The number of nitrogens with zero attached hydrogens (tertiary/aromatic N) is 1. The number of aryl methyl sites for hydroxylation is 3. The highest BCUT2D eigenvalue weighted by Crippen LogP contribution is 2.05. The number of nitrogens with one attached hydrogen (secondary N) is 1. The SMILES string of the molecule is CC(=O)NC(CCCC[n+]1c(C)cc(C)cc1C)C(=O)O. The van der Waals surface area contributed by atoms with Gasteiger partial charge in [-0.05, 0) is 25.3 Å². The molecule has 1 heterocycles. The van der Waals surface area contributed by atoms with Crippen LogP contribution >= 0.6 is 0 Å². The summed E-state index contributed by atoms with van der Waals surface area (Å²) in [6, 6.07) is 3.50. The Bertz CT molecular complexity index is 503. The molecule has 1 rings (SSSR count). The largest absolute Gasteiger partial charge is 0.480 e. The molecule has 21 heavy (non-hydrogen) atoms. The zero-order chi connectivity index (χ0) is 16.0. The molecular weight excluding hydrogens is 268 g/mol. The number of rotatable bonds is 7. The van der Waals surface area contributed by atoms with E-state index in [1.54, 1.807) is 0 Å². The van der Waals surface area contributed by atoms with Gasteiger partial charge >= 0.3 is 5.97 Å². The van der Waals surface area contributed by atoms with Crippen LogP contribution in [0.15, 0.2) is 12.1 Å². The summed E-state index contributed by atoms with van der Waals surface area (Å²) in [5, 5.41) is 11.5. The van der Waals surface area contributed by atoms with Crippen LogP contribution in [0.25, 0.3) is 0 Å². The molecule has 2 N–H and O–H groups in total. The minimum Gasteiger partial charge on any atom is -0.480 e. The van der Waals surface area contributed by atoms with Crippen LogP contribution < -0.4 is 9.88 Å². The van der Waals surface area contributed by atoms with Crippen LogP contribution in [0.3, 0.4) is 0 Å². The minimum absolute atomic E-state index is 0.304. The second kappa shape index (κ2) is 7.76. The van der Waals surface area contributed by atoms with E-state index in [2.05, 4.69) is 42.8 Å². The fourth-order valence-corrected chi connectivity index (χ4v) is 2.61. The van der Waals surface area contributed by atoms with Crippen LogP contribution in [0.1, 0.15) is 43.1 Å². The lowest BCUT2D eigenvalue weighted by Crippen LogP contribution is -2.41. The van der Waals surface area contributed by atoms with Crippen molar-refractivity contribution in [1.82, 2.24) is 5.32 Å². The number of unbranched alkanes of at least 4 members (excludes halogenated alkanes) is 1. The molecular formula is C16H25N2O3+. The van der Waals surface area contributed by atoms with Gasteiger partial charge in [-0.2, -0.15) is 0 Å². The predicted octanol–water partition coefficient (Wildman–Crippen LogP) is 1.66. The summed E-state index contributed by atoms with van der Waals surface area (Å²) >= 11 is 0. The van der Waals surface area contributed by atoms with Crippen LogP contribution in [-0.4, -0.2) is 23.0 Å². The number of amides is 1. The maximum Gasteiger partial charge on any atom is 0.326 e. The summed E-state index contributed by atoms with van der Waals surface area (Å²) in [4.78, 5) is 22.0. The third kappa shape index (κ3) is 5.53. The maximum atomic E-state index is 11.0. The monoisotopic (exact) mass is 293 g/mol. The fraction of sp³-hybridized carbons (Fsp3) is 0.562. The number of carbonyl (C=O) groups excluding carboxylic acids is 1. The first kappa shape index (κ1) is 17.1. The summed E-state index contributed by atoms with van der Waals surface area (Å²) in [6.07, 6.45) is 2.11. The Morgan fingerprint density at radius 2 is 1.76 bits per heavy atom. The molecule has 1 unspecified atom stereocenters. The van der Waals surface area contributed by atoms with Crippen LogP contribution in [0.4, 0.5) is 0 Å². The standard InChI is InChI=1S/C16H24N2O3/c1-11-9-12(2)18(13(3)10-11)8-6-5-7-15(16(20)21)17-14(4)19/h9-10,15H,5-8H2,1-4H3,(H-,17,19,20,21)/p+1. The first-order valence-electron chi connectivity index (χ1n) is 7.29. The molecule has 0 radical (unpaired) electrons. The highest BCUT2D eigenvalue weighted by molar-refractivity contribution is 5.81. The molecule has 0 aliphatic heterocycles. The number of hydrogen-bond donors (Lipinski definition) is 2. The van der Waals surface area contributed by atoms with Gasteiger partial charge < -0.3 is 10.4 Å². The third-order valence-corrected chi connectivity index (χ3v) is 3.52. The molecule has 1 atom stereocenters. The van der Waals surface area contributed by atoms with Gasteiger partial charge in [-0.15, -0.1) is 0 Å². The van der Waals surface area contributed by atoms with Crippen LogP contribution in [0.2, 0.25) is 0 Å². The second-order valence-corrected chi connectivity index (χ2v) is 5.55. The summed E-state index contributed by atoms with van der Waals surface area (Å²) in [5.74, 6) is -1.28. The third-order valence-electron chi connectivity index (χ3n) is 3.52. The average Bonchev–Trinajstić information content (AvgIpc) is 2.34. The van der Waals surface area contributed by atoms with E-state index in [0.29, 0.717) is 6.42 Å². The number of pyridine rings is 1. The van der Waals surface area contributed by atoms with Crippen molar-refractivity contribution in [3.05, 3.63) is 29.1 Å². The summed E-state index contributed by atoms with van der Waals surface area (Å²) in [6.45, 7) is 8.44. The Labute approximate surface area is 126 Å². The molecule has 0 spiro atoms. The molecule has 116 valence electrons. The van der Waals surface area contributed by atoms with Crippen molar-refractivity contribution in [3.63, 3.8) is 0 Å². The lowest BCUT2D eigenvalue weighted by molar-refractivity contribution is -0.709. The first-order valence-corrected chi connectivity index (χ1v) is 7.29. The van der Waals surface area contributed by atoms with Crippen molar-refractivity contribution in [2.24, 2.45) is 0 Å². The molecule has 5 nitrogen and oxygen atoms in total. The van der Waals surface area contributed by atoms with Crippen molar-refractivity contribution in [3.8, 4) is 0 Å². The van der Waals surface area contributed by atoms with Crippen molar-refractivity contribution in [1.29, 1.82) is 0 Å². The molecule has 0 saturated carbocycles. The van der Waals surface area contributed by atoms with Crippen LogP contribution in [0, 0.1) is 20.8 Å². The van der Waals surface area contributed by atoms with Gasteiger partial charge in [0.05, 0.1) is 0 Å². The minimum atomic E-state index is -0.972. The summed E-state index contributed by atoms with van der Waals surface area (Å²) in [7, 11) is 0. The Morgan fingerprint density at radius 3 is 2.24 bits per heavy atom. The molecule has 0 aliphatic rings. The molecule has 0 aliphatic carbocycles. The van der Waals surface area contributed by atoms with Crippen molar-refractivity contribution in [2.45, 2.75) is 59.5 Å². The number of carboxylic acid groups (broad SMARTS) is 1. The van der Waals surface area contributed by atoms with Crippen LogP contribution in [-0.2, 0) is 16.1 Å². The van der Waals surface area contributed by atoms with E-state index >= 15 is 0 Å². The zero-order valence-corrected chi connectivity index (χ0v) is 13.3. The average molecular weight is 293 g/mol. The van der Waals surface area contributed by atoms with E-state index in [0.717, 1.165) is 19.4 Å². The number of carbonyl (C=O) groups is 2. The fourth-order valence-electron chi connectivity index (χ4n) is 2.61. The van der Waals surface area contributed by atoms with Gasteiger partial charge in [0, 0.05) is 39.3 Å². The Balaban J connectivity index is 2.50. The highest BCUT2D eigenvalue weighted by atomic mass is 16.4. The predicted molar refractivity (Wildman–Crippen MR) is 79.9 cm³/mol. The Morgan fingerprint density at radius 1 is 1.19 bits per heavy atom. The lowest BCUT2D eigenvalue weighted by atomic mass is 10.1. The van der Waals surface area contributed by atoms with Gasteiger partial charge in [0.1, 0.15) is 12.6 Å². The van der Waals surface area contributed by atoms with E-state index in [1.807, 2.05) is 0 Å². The second-order valence-electron chi connectivity index (χ2n) is 5.55. The number of aliphatic carboxylic acids is 1. The van der Waals surface area contributed by atoms with Crippen molar-refractivity contribution < 1.29 is 19.3 Å². The molecule has 1 aromatic heterocycles. The molecule has 1 aromatic rings. The Kier molecular flexibility index (Phi) is 6.34. The number of aromatic nitrogens is 1. The van der Waals surface area contributed by atoms with Gasteiger partial charge in [0.2, 0.25) is 5.91 Å². The quantitative estimate of drug-likeness (QED) is 0.593. The molecule has 0 saturated heterocycles. The van der Waals surface area contributed by atoms with Gasteiger partial charge in [-0.3, -0.25) is 4.79 Å². The molecule has 5 heteroatoms. The smallest absolute Gasteiger partial charge is 0.326 e. The van der Waals surface area contributed by atoms with Crippen molar-refractivity contribution >= 4 is 11.9 Å². The van der Waals surface area contributed by atoms with E-state index in [-0.39, 0.29) is 5.91 Å². The molecule has 0 aromatic carbocycles. The summed E-state index contributed by atoms with van der Waals surface area (Å²) < 4.78 is 2.24. The number of carboxylic acids is 1. The van der Waals surface area contributed by atoms with Gasteiger partial charge in [-0.1, -0.05) is 0 Å². The lowest BCUT2D eigenvalue weighted by Gasteiger charge is -2.12. The van der Waals surface area contributed by atoms with E-state index in [1.165, 1.54) is 23.9 Å². The summed E-state index contributed by atoms with van der Waals surface area (Å²) in [5.41, 5.74) is 3.67. The van der Waals surface area contributed by atoms with Crippen LogP contribution in [0.5, 0.6) is 0 Å². The van der Waals surface area contributed by atoms with Crippen molar-refractivity contribution in [2.75, 3.05) is 0 Å². The zero-order valence-electron chi connectivity index (χ0n) is 13.3. The first-order chi connectivity index (χ1) is 9.81. The highest BCUT2D eigenvalue weighted by Gasteiger charge is 2.18. The van der Waals surface area contributed by atoms with E-state index in [4.69, 9.17) is 5.11 Å². The Hall–Kier alpha value is -1.91. The van der Waals surface area contributed by atoms with E-state index in [9.17, 15) is 9.59 Å². The molecule has 0 fully saturated rings. The normalized spacial score (nSPS) is 12.0. The van der Waals surface area contributed by atoms with Gasteiger partial charge in [0.15, 0.2) is 11.4 Å². The van der Waals surface area contributed by atoms with Gasteiger partial charge in [-0.25, -0.2) is 9.36 Å². The van der Waals surface area contributed by atoms with E-state index < -0.39 is 12.0 Å². The van der Waals surface area contributed by atoms with Gasteiger partial charge in [0.25, 0.3) is 0 Å². The molecule has 1 amide bonds. The number of hydrogen-bond acceptors (Lipinski definition) is 2. The topological polar surface area (TPSA) is 70.3 Å². The molecule has 0 bridgehead atoms. The maximum absolute atomic E-state index is 11.0.